The predicted molar refractivity (Wildman–Crippen MR) is 77.6 cm³/mol. The van der Waals surface area contributed by atoms with Crippen molar-refractivity contribution in [3.63, 3.8) is 0 Å². The van der Waals surface area contributed by atoms with Crippen molar-refractivity contribution in [1.29, 1.82) is 5.26 Å². The first-order valence-electron chi connectivity index (χ1n) is 6.61. The molecule has 22 heavy (non-hydrogen) atoms. The third kappa shape index (κ3) is 5.25. The molecule has 0 aliphatic rings. The zero-order valence-electron chi connectivity index (χ0n) is 12.3. The summed E-state index contributed by atoms with van der Waals surface area (Å²) in [5, 5.41) is 11.2. The molecule has 7 heteroatoms. The highest BCUT2D eigenvalue weighted by Crippen LogP contribution is 2.13. The Balaban J connectivity index is 2.75. The van der Waals surface area contributed by atoms with E-state index in [4.69, 9.17) is 15.7 Å². The first-order valence-corrected chi connectivity index (χ1v) is 6.61. The Labute approximate surface area is 128 Å². The lowest BCUT2D eigenvalue weighted by Crippen LogP contribution is -2.45. The maximum absolute atomic E-state index is 12.1. The molecule has 2 atom stereocenters. The number of nitrogens with two attached hydrogens (primary N) is 1. The second-order valence-electron chi connectivity index (χ2n) is 4.81. The largest absolute Gasteiger partial charge is 0.427 e. The van der Waals surface area contributed by atoms with Gasteiger partial charge in [-0.3, -0.25) is 14.4 Å². The zero-order valence-corrected chi connectivity index (χ0v) is 12.3. The molecule has 0 aliphatic carbocycles. The Morgan fingerprint density at radius 2 is 1.91 bits per heavy atom. The van der Waals surface area contributed by atoms with E-state index in [0.29, 0.717) is 5.75 Å². The van der Waals surface area contributed by atoms with Gasteiger partial charge in [0.2, 0.25) is 5.91 Å². The highest BCUT2D eigenvalue weighted by molar-refractivity contribution is 5.97. The smallest absolute Gasteiger partial charge is 0.308 e. The molecule has 0 fully saturated rings. The fourth-order valence-electron chi connectivity index (χ4n) is 1.73. The van der Waals surface area contributed by atoms with Gasteiger partial charge in [-0.2, -0.15) is 5.26 Å². The van der Waals surface area contributed by atoms with E-state index in [1.165, 1.54) is 31.2 Å². The average Bonchev–Trinajstić information content (AvgIpc) is 2.46. The van der Waals surface area contributed by atoms with Crippen LogP contribution in [0.15, 0.2) is 24.3 Å². The van der Waals surface area contributed by atoms with Gasteiger partial charge >= 0.3 is 5.97 Å². The molecule has 0 saturated carbocycles. The van der Waals surface area contributed by atoms with Crippen molar-refractivity contribution < 1.29 is 19.1 Å². The van der Waals surface area contributed by atoms with E-state index >= 15 is 0 Å². The highest BCUT2D eigenvalue weighted by atomic mass is 16.5. The molecule has 0 aromatic heterocycles. The summed E-state index contributed by atoms with van der Waals surface area (Å²) in [5.74, 6) is -1.76. The molecule has 0 aliphatic heterocycles. The van der Waals surface area contributed by atoms with E-state index in [2.05, 4.69) is 5.32 Å². The summed E-state index contributed by atoms with van der Waals surface area (Å²) in [4.78, 5) is 34.2. The molecule has 0 heterocycles. The van der Waals surface area contributed by atoms with Gasteiger partial charge in [-0.25, -0.2) is 0 Å². The number of nitrogens with one attached hydrogen (secondary N) is 1. The maximum Gasteiger partial charge on any atom is 0.308 e. The second-order valence-corrected chi connectivity index (χ2v) is 4.81. The number of benzene rings is 1. The van der Waals surface area contributed by atoms with Crippen molar-refractivity contribution in [1.82, 2.24) is 5.32 Å². The molecule has 3 N–H and O–H groups in total. The quantitative estimate of drug-likeness (QED) is 0.593. The predicted octanol–water partition coefficient (Wildman–Crippen LogP) is 0.745. The van der Waals surface area contributed by atoms with E-state index < -0.39 is 29.7 Å². The fraction of sp³-hybridized carbons (Fsp3) is 0.333. The van der Waals surface area contributed by atoms with Gasteiger partial charge < -0.3 is 15.8 Å². The highest BCUT2D eigenvalue weighted by Gasteiger charge is 2.21. The first kappa shape index (κ1) is 17.2. The molecule has 116 valence electrons. The number of nitrogens with zero attached hydrogens (tertiary/aromatic N) is 1. The molecule has 2 amide bonds. The van der Waals surface area contributed by atoms with Crippen LogP contribution in [0.25, 0.3) is 0 Å². The molecule has 0 bridgehead atoms. The molecular formula is C15H17N3O4. The number of rotatable bonds is 6. The Morgan fingerprint density at radius 1 is 1.32 bits per heavy atom. The fourth-order valence-corrected chi connectivity index (χ4v) is 1.73. The number of carbonyl (C=O) groups excluding carboxylic acids is 3. The van der Waals surface area contributed by atoms with Crippen LogP contribution >= 0.6 is 0 Å². The Bertz CT molecular complexity index is 604. The third-order valence-corrected chi connectivity index (χ3v) is 2.84. The standard InChI is InChI=1S/C15H17N3O4/c1-9(8-16)7-13(14(17)20)18-15(21)11-3-5-12(6-4-11)22-10(2)19/h3-6,9,13H,7H2,1-2H3,(H2,17,20)(H,18,21)/t9-,13+/m1/s1. The van der Waals surface area contributed by atoms with Crippen molar-refractivity contribution in [2.45, 2.75) is 26.3 Å². The van der Waals surface area contributed by atoms with Crippen LogP contribution in [0.3, 0.4) is 0 Å². The zero-order chi connectivity index (χ0) is 16.7. The van der Waals surface area contributed by atoms with Gasteiger partial charge in [0.25, 0.3) is 5.91 Å². The number of nitriles is 1. The summed E-state index contributed by atoms with van der Waals surface area (Å²) in [5.41, 5.74) is 5.51. The number of esters is 1. The van der Waals surface area contributed by atoms with E-state index in [9.17, 15) is 14.4 Å². The van der Waals surface area contributed by atoms with Crippen molar-refractivity contribution in [2.24, 2.45) is 11.7 Å². The summed E-state index contributed by atoms with van der Waals surface area (Å²) in [6, 6.07) is 6.91. The maximum atomic E-state index is 12.1. The van der Waals surface area contributed by atoms with Crippen LogP contribution in [0, 0.1) is 17.2 Å². The normalized spacial score (nSPS) is 12.6. The Kier molecular flexibility index (Phi) is 6.08. The molecule has 0 radical (unpaired) electrons. The molecule has 1 aromatic rings. The summed E-state index contributed by atoms with van der Waals surface area (Å²) in [6.45, 7) is 2.91. The third-order valence-electron chi connectivity index (χ3n) is 2.84. The lowest BCUT2D eigenvalue weighted by molar-refractivity contribution is -0.131. The summed E-state index contributed by atoms with van der Waals surface area (Å²) in [6.07, 6.45) is 0.142. The minimum absolute atomic E-state index is 0.142. The van der Waals surface area contributed by atoms with Crippen LogP contribution in [0.5, 0.6) is 5.75 Å². The lowest BCUT2D eigenvalue weighted by Gasteiger charge is -2.16. The number of ether oxygens (including phenoxy) is 1. The minimum atomic E-state index is -0.921. The van der Waals surface area contributed by atoms with Crippen LogP contribution in [-0.2, 0) is 9.59 Å². The summed E-state index contributed by atoms with van der Waals surface area (Å²) in [7, 11) is 0. The molecule has 7 nitrogen and oxygen atoms in total. The first-order chi connectivity index (χ1) is 10.3. The van der Waals surface area contributed by atoms with Crippen molar-refractivity contribution in [3.8, 4) is 11.8 Å². The summed E-state index contributed by atoms with van der Waals surface area (Å²) < 4.78 is 4.85. The number of amides is 2. The summed E-state index contributed by atoms with van der Waals surface area (Å²) >= 11 is 0. The molecular weight excluding hydrogens is 286 g/mol. The van der Waals surface area contributed by atoms with Gasteiger partial charge in [0.05, 0.1) is 6.07 Å². The molecule has 1 rings (SSSR count). The van der Waals surface area contributed by atoms with Gasteiger partial charge in [0.1, 0.15) is 11.8 Å². The molecule has 1 aromatic carbocycles. The molecule has 0 unspecified atom stereocenters. The Hall–Kier alpha value is -2.88. The van der Waals surface area contributed by atoms with E-state index in [-0.39, 0.29) is 12.0 Å². The van der Waals surface area contributed by atoms with Crippen molar-refractivity contribution >= 4 is 17.8 Å². The van der Waals surface area contributed by atoms with Crippen LogP contribution in [0.4, 0.5) is 0 Å². The number of hydrogen-bond donors (Lipinski definition) is 2. The minimum Gasteiger partial charge on any atom is -0.427 e. The second kappa shape index (κ2) is 7.78. The monoisotopic (exact) mass is 303 g/mol. The van der Waals surface area contributed by atoms with Gasteiger partial charge in [-0.15, -0.1) is 0 Å². The van der Waals surface area contributed by atoms with E-state index in [0.717, 1.165) is 0 Å². The van der Waals surface area contributed by atoms with Gasteiger partial charge in [0, 0.05) is 18.4 Å². The Morgan fingerprint density at radius 3 is 2.36 bits per heavy atom. The SMILES string of the molecule is CC(=O)Oc1ccc(C(=O)N[C@@H](C[C@@H](C)C#N)C(N)=O)cc1. The van der Waals surface area contributed by atoms with Crippen molar-refractivity contribution in [3.05, 3.63) is 29.8 Å². The van der Waals surface area contributed by atoms with Gasteiger partial charge in [-0.05, 0) is 37.6 Å². The van der Waals surface area contributed by atoms with E-state index in [1.54, 1.807) is 6.92 Å². The van der Waals surface area contributed by atoms with Gasteiger partial charge in [0.15, 0.2) is 0 Å². The molecule has 0 saturated heterocycles. The van der Waals surface area contributed by atoms with Crippen molar-refractivity contribution in [2.75, 3.05) is 0 Å². The van der Waals surface area contributed by atoms with E-state index in [1.807, 2.05) is 6.07 Å². The topological polar surface area (TPSA) is 122 Å². The van der Waals surface area contributed by atoms with Crippen LogP contribution in [0.1, 0.15) is 30.6 Å². The average molecular weight is 303 g/mol. The number of primary amides is 1. The molecule has 0 spiro atoms. The van der Waals surface area contributed by atoms with Crippen LogP contribution < -0.4 is 15.8 Å². The van der Waals surface area contributed by atoms with Gasteiger partial charge in [-0.1, -0.05) is 0 Å². The van der Waals surface area contributed by atoms with Crippen LogP contribution in [0.2, 0.25) is 0 Å². The number of hydrogen-bond acceptors (Lipinski definition) is 5. The van der Waals surface area contributed by atoms with Crippen LogP contribution in [-0.4, -0.2) is 23.8 Å². The number of carbonyl (C=O) groups is 3. The lowest BCUT2D eigenvalue weighted by atomic mass is 10.0.